The maximum atomic E-state index is 12.6. The van der Waals surface area contributed by atoms with Crippen molar-refractivity contribution in [1.29, 1.82) is 0 Å². The topological polar surface area (TPSA) is 105 Å². The van der Waals surface area contributed by atoms with Crippen molar-refractivity contribution in [2.45, 2.75) is 33.4 Å². The quantitative estimate of drug-likeness (QED) is 0.602. The number of rotatable bonds is 9. The number of benzene rings is 2. The van der Waals surface area contributed by atoms with Crippen LogP contribution in [0, 0.1) is 12.8 Å². The molecule has 2 aromatic rings. The van der Waals surface area contributed by atoms with E-state index in [9.17, 15) is 14.4 Å². The molecule has 0 fully saturated rings. The van der Waals surface area contributed by atoms with Gasteiger partial charge in [-0.15, -0.1) is 0 Å². The molecule has 0 saturated carbocycles. The Morgan fingerprint density at radius 1 is 1.07 bits per heavy atom. The predicted octanol–water partition coefficient (Wildman–Crippen LogP) is 2.53. The van der Waals surface area contributed by atoms with Gasteiger partial charge in [-0.3, -0.25) is 9.59 Å². The number of nitrogens with one attached hydrogen (secondary N) is 2. The van der Waals surface area contributed by atoms with Crippen molar-refractivity contribution in [3.63, 3.8) is 0 Å². The molecule has 7 heteroatoms. The number of hydrogen-bond donors (Lipinski definition) is 3. The first kappa shape index (κ1) is 21.9. The standard InChI is InChI=1S/C22H26N2O5/c1-14(2)20(24-21(27)17-9-7-15(3)8-10-17)22(28)23-12-16-5-4-6-18(11-16)29-13-19(25)26/h4-11,14,20H,12-13H2,1-3H3,(H,23,28)(H,24,27)(H,25,26). The number of carboxylic acid groups (broad SMARTS) is 1. The van der Waals surface area contributed by atoms with Crippen LogP contribution in [0.3, 0.4) is 0 Å². The highest BCUT2D eigenvalue weighted by atomic mass is 16.5. The summed E-state index contributed by atoms with van der Waals surface area (Å²) in [7, 11) is 0. The van der Waals surface area contributed by atoms with Gasteiger partial charge < -0.3 is 20.5 Å². The summed E-state index contributed by atoms with van der Waals surface area (Å²) in [6, 6.07) is 13.3. The Morgan fingerprint density at radius 3 is 2.38 bits per heavy atom. The Hall–Kier alpha value is -3.35. The molecule has 2 aromatic carbocycles. The Balaban J connectivity index is 1.97. The summed E-state index contributed by atoms with van der Waals surface area (Å²) in [6.45, 7) is 5.46. The van der Waals surface area contributed by atoms with E-state index in [0.29, 0.717) is 11.3 Å². The van der Waals surface area contributed by atoms with Crippen LogP contribution in [0.4, 0.5) is 0 Å². The molecule has 0 aliphatic carbocycles. The molecule has 0 radical (unpaired) electrons. The van der Waals surface area contributed by atoms with E-state index in [1.807, 2.05) is 32.9 Å². The molecular weight excluding hydrogens is 372 g/mol. The van der Waals surface area contributed by atoms with Crippen molar-refractivity contribution in [2.24, 2.45) is 5.92 Å². The largest absolute Gasteiger partial charge is 0.482 e. The van der Waals surface area contributed by atoms with Crippen molar-refractivity contribution in [1.82, 2.24) is 10.6 Å². The van der Waals surface area contributed by atoms with Crippen molar-refractivity contribution >= 4 is 17.8 Å². The molecule has 1 unspecified atom stereocenters. The van der Waals surface area contributed by atoms with Gasteiger partial charge in [-0.1, -0.05) is 43.7 Å². The molecule has 29 heavy (non-hydrogen) atoms. The van der Waals surface area contributed by atoms with Crippen LogP contribution in [0.2, 0.25) is 0 Å². The highest BCUT2D eigenvalue weighted by molar-refractivity contribution is 5.97. The van der Waals surface area contributed by atoms with E-state index in [0.717, 1.165) is 11.1 Å². The fourth-order valence-electron chi connectivity index (χ4n) is 2.65. The summed E-state index contributed by atoms with van der Waals surface area (Å²) < 4.78 is 5.14. The van der Waals surface area contributed by atoms with Gasteiger partial charge in [0.2, 0.25) is 5.91 Å². The second kappa shape index (κ2) is 10.3. The lowest BCUT2D eigenvalue weighted by Crippen LogP contribution is -2.49. The molecule has 2 amide bonds. The highest BCUT2D eigenvalue weighted by Gasteiger charge is 2.24. The van der Waals surface area contributed by atoms with E-state index < -0.39 is 18.6 Å². The van der Waals surface area contributed by atoms with Gasteiger partial charge in [0.05, 0.1) is 0 Å². The summed E-state index contributed by atoms with van der Waals surface area (Å²) in [5, 5.41) is 14.3. The number of carboxylic acids is 1. The number of aliphatic carboxylic acids is 1. The third kappa shape index (κ3) is 6.95. The third-order valence-electron chi connectivity index (χ3n) is 4.28. The van der Waals surface area contributed by atoms with E-state index in [4.69, 9.17) is 9.84 Å². The van der Waals surface area contributed by atoms with Gasteiger partial charge in [-0.05, 0) is 42.7 Å². The molecule has 0 aliphatic heterocycles. The van der Waals surface area contributed by atoms with E-state index in [2.05, 4.69) is 10.6 Å². The lowest BCUT2D eigenvalue weighted by atomic mass is 10.0. The van der Waals surface area contributed by atoms with E-state index in [-0.39, 0.29) is 24.3 Å². The molecule has 7 nitrogen and oxygen atoms in total. The lowest BCUT2D eigenvalue weighted by molar-refractivity contribution is -0.139. The Labute approximate surface area is 170 Å². The van der Waals surface area contributed by atoms with Gasteiger partial charge in [0.1, 0.15) is 11.8 Å². The summed E-state index contributed by atoms with van der Waals surface area (Å²) in [5.74, 6) is -1.35. The molecule has 2 rings (SSSR count). The van der Waals surface area contributed by atoms with Crippen LogP contribution in [-0.2, 0) is 16.1 Å². The van der Waals surface area contributed by atoms with Gasteiger partial charge in [0, 0.05) is 12.1 Å². The number of amides is 2. The zero-order valence-corrected chi connectivity index (χ0v) is 16.8. The Bertz CT molecular complexity index is 862. The first-order chi connectivity index (χ1) is 13.8. The molecular formula is C22H26N2O5. The van der Waals surface area contributed by atoms with Crippen molar-refractivity contribution < 1.29 is 24.2 Å². The predicted molar refractivity (Wildman–Crippen MR) is 109 cm³/mol. The first-order valence-electron chi connectivity index (χ1n) is 9.35. The average Bonchev–Trinajstić information content (AvgIpc) is 2.69. The van der Waals surface area contributed by atoms with Crippen LogP contribution in [0.15, 0.2) is 48.5 Å². The second-order valence-corrected chi connectivity index (χ2v) is 7.11. The second-order valence-electron chi connectivity index (χ2n) is 7.11. The van der Waals surface area contributed by atoms with Gasteiger partial charge >= 0.3 is 5.97 Å². The highest BCUT2D eigenvalue weighted by Crippen LogP contribution is 2.13. The SMILES string of the molecule is Cc1ccc(C(=O)NC(C(=O)NCc2cccc(OCC(=O)O)c2)C(C)C)cc1. The monoisotopic (exact) mass is 398 g/mol. The molecule has 0 aliphatic rings. The van der Waals surface area contributed by atoms with Crippen molar-refractivity contribution in [2.75, 3.05) is 6.61 Å². The maximum Gasteiger partial charge on any atom is 0.341 e. The van der Waals surface area contributed by atoms with Crippen LogP contribution in [-0.4, -0.2) is 35.5 Å². The van der Waals surface area contributed by atoms with Crippen molar-refractivity contribution in [3.05, 3.63) is 65.2 Å². The number of carbonyl (C=O) groups is 3. The first-order valence-corrected chi connectivity index (χ1v) is 9.35. The Kier molecular flexibility index (Phi) is 7.77. The average molecular weight is 398 g/mol. The molecule has 0 saturated heterocycles. The molecule has 0 spiro atoms. The minimum Gasteiger partial charge on any atom is -0.482 e. The molecule has 0 aromatic heterocycles. The van der Waals surface area contributed by atoms with Gasteiger partial charge in [-0.2, -0.15) is 0 Å². The Morgan fingerprint density at radius 2 is 1.76 bits per heavy atom. The van der Waals surface area contributed by atoms with Crippen LogP contribution in [0.25, 0.3) is 0 Å². The molecule has 1 atom stereocenters. The van der Waals surface area contributed by atoms with E-state index in [1.54, 1.807) is 36.4 Å². The van der Waals surface area contributed by atoms with Crippen LogP contribution in [0.5, 0.6) is 5.75 Å². The zero-order chi connectivity index (χ0) is 21.4. The molecule has 154 valence electrons. The van der Waals surface area contributed by atoms with Gasteiger partial charge in [-0.25, -0.2) is 4.79 Å². The third-order valence-corrected chi connectivity index (χ3v) is 4.28. The van der Waals surface area contributed by atoms with Gasteiger partial charge in [0.25, 0.3) is 5.91 Å². The number of ether oxygens (including phenoxy) is 1. The molecule has 0 heterocycles. The molecule has 0 bridgehead atoms. The summed E-state index contributed by atoms with van der Waals surface area (Å²) in [5.41, 5.74) is 2.31. The minimum absolute atomic E-state index is 0.102. The van der Waals surface area contributed by atoms with E-state index >= 15 is 0 Å². The maximum absolute atomic E-state index is 12.6. The molecule has 3 N–H and O–H groups in total. The zero-order valence-electron chi connectivity index (χ0n) is 16.8. The van der Waals surface area contributed by atoms with Crippen LogP contribution >= 0.6 is 0 Å². The number of hydrogen-bond acceptors (Lipinski definition) is 4. The summed E-state index contributed by atoms with van der Waals surface area (Å²) >= 11 is 0. The fourth-order valence-corrected chi connectivity index (χ4v) is 2.65. The van der Waals surface area contributed by atoms with Gasteiger partial charge in [0.15, 0.2) is 6.61 Å². The fraction of sp³-hybridized carbons (Fsp3) is 0.318. The normalized spacial score (nSPS) is 11.6. The van der Waals surface area contributed by atoms with E-state index in [1.165, 1.54) is 0 Å². The number of carbonyl (C=O) groups excluding carboxylic acids is 2. The van der Waals surface area contributed by atoms with Crippen LogP contribution < -0.4 is 15.4 Å². The van der Waals surface area contributed by atoms with Crippen LogP contribution in [0.1, 0.15) is 35.3 Å². The lowest BCUT2D eigenvalue weighted by Gasteiger charge is -2.22. The minimum atomic E-state index is -1.06. The van der Waals surface area contributed by atoms with Crippen molar-refractivity contribution in [3.8, 4) is 5.75 Å². The summed E-state index contributed by atoms with van der Waals surface area (Å²) in [6.07, 6.45) is 0. The summed E-state index contributed by atoms with van der Waals surface area (Å²) in [4.78, 5) is 35.7. The number of aryl methyl sites for hydroxylation is 1. The smallest absolute Gasteiger partial charge is 0.341 e.